The molecule has 7 heteroatoms. The summed E-state index contributed by atoms with van der Waals surface area (Å²) in [5, 5.41) is 5.20. The van der Waals surface area contributed by atoms with Crippen LogP contribution in [0.3, 0.4) is 0 Å². The zero-order valence-electron chi connectivity index (χ0n) is 16.3. The van der Waals surface area contributed by atoms with E-state index in [1.165, 1.54) is 0 Å². The molecule has 2 aromatic carbocycles. The standard InChI is InChI=1S/C22H26N4O3/c23-20(27)14-25-10-8-17(9-11-25)24-22(29)16-12-21(28)26(13-16)19-7-3-5-15-4-1-2-6-18(15)19/h1-7,16-17H,8-14H2,(H2,23,27)(H,24,29). The number of carbonyl (C=O) groups is 3. The second kappa shape index (κ2) is 8.21. The Hall–Kier alpha value is -2.93. The fourth-order valence-corrected chi connectivity index (χ4v) is 4.33. The Bertz CT molecular complexity index is 931. The van der Waals surface area contributed by atoms with Crippen LogP contribution in [-0.4, -0.2) is 54.8 Å². The van der Waals surface area contributed by atoms with Crippen LogP contribution in [0, 0.1) is 5.92 Å². The Balaban J connectivity index is 1.38. The molecule has 2 saturated heterocycles. The molecule has 2 fully saturated rings. The van der Waals surface area contributed by atoms with Crippen LogP contribution in [0.5, 0.6) is 0 Å². The molecule has 29 heavy (non-hydrogen) atoms. The lowest BCUT2D eigenvalue weighted by Gasteiger charge is -2.32. The molecule has 3 amide bonds. The number of nitrogens with zero attached hydrogens (tertiary/aromatic N) is 2. The SMILES string of the molecule is NC(=O)CN1CCC(NC(=O)C2CC(=O)N(c3cccc4ccccc34)C2)CC1. The first kappa shape index (κ1) is 19.4. The molecule has 0 radical (unpaired) electrons. The zero-order valence-corrected chi connectivity index (χ0v) is 16.3. The highest BCUT2D eigenvalue weighted by molar-refractivity contribution is 6.07. The van der Waals surface area contributed by atoms with Crippen LogP contribution in [0.15, 0.2) is 42.5 Å². The lowest BCUT2D eigenvalue weighted by Crippen LogP contribution is -2.48. The first-order valence-electron chi connectivity index (χ1n) is 10.1. The van der Waals surface area contributed by atoms with Crippen LogP contribution in [0.1, 0.15) is 19.3 Å². The largest absolute Gasteiger partial charge is 0.369 e. The van der Waals surface area contributed by atoms with Gasteiger partial charge in [0.1, 0.15) is 0 Å². The highest BCUT2D eigenvalue weighted by Crippen LogP contribution is 2.31. The maximum Gasteiger partial charge on any atom is 0.231 e. The van der Waals surface area contributed by atoms with E-state index in [1.807, 2.05) is 47.4 Å². The Kier molecular flexibility index (Phi) is 5.49. The topological polar surface area (TPSA) is 95.7 Å². The highest BCUT2D eigenvalue weighted by atomic mass is 16.2. The van der Waals surface area contributed by atoms with E-state index in [0.29, 0.717) is 6.54 Å². The molecule has 0 bridgehead atoms. The summed E-state index contributed by atoms with van der Waals surface area (Å²) in [6.45, 7) is 2.14. The molecule has 2 heterocycles. The van der Waals surface area contributed by atoms with Gasteiger partial charge >= 0.3 is 0 Å². The van der Waals surface area contributed by atoms with Crippen LogP contribution < -0.4 is 16.0 Å². The van der Waals surface area contributed by atoms with Gasteiger partial charge in [-0.25, -0.2) is 0 Å². The molecule has 0 aromatic heterocycles. The Morgan fingerprint density at radius 2 is 1.79 bits per heavy atom. The third-order valence-electron chi connectivity index (χ3n) is 5.87. The zero-order chi connectivity index (χ0) is 20.4. The number of hydrogen-bond donors (Lipinski definition) is 2. The fraction of sp³-hybridized carbons (Fsp3) is 0.409. The van der Waals surface area contributed by atoms with Gasteiger partial charge in [0.2, 0.25) is 17.7 Å². The van der Waals surface area contributed by atoms with Crippen LogP contribution in [-0.2, 0) is 14.4 Å². The number of anilines is 1. The first-order valence-corrected chi connectivity index (χ1v) is 10.1. The van der Waals surface area contributed by atoms with E-state index in [4.69, 9.17) is 5.73 Å². The van der Waals surface area contributed by atoms with Crippen LogP contribution >= 0.6 is 0 Å². The minimum atomic E-state index is -0.342. The van der Waals surface area contributed by atoms with Gasteiger partial charge in [0, 0.05) is 37.5 Å². The number of nitrogens with one attached hydrogen (secondary N) is 1. The molecule has 1 unspecified atom stereocenters. The van der Waals surface area contributed by atoms with Gasteiger partial charge in [0.05, 0.1) is 18.2 Å². The average Bonchev–Trinajstić information content (AvgIpc) is 3.10. The van der Waals surface area contributed by atoms with Crippen molar-refractivity contribution in [3.63, 3.8) is 0 Å². The molecule has 2 aliphatic rings. The molecule has 7 nitrogen and oxygen atoms in total. The van der Waals surface area contributed by atoms with Crippen molar-refractivity contribution in [1.82, 2.24) is 10.2 Å². The maximum atomic E-state index is 12.8. The van der Waals surface area contributed by atoms with Crippen molar-refractivity contribution in [1.29, 1.82) is 0 Å². The molecule has 1 atom stereocenters. The summed E-state index contributed by atoms with van der Waals surface area (Å²) < 4.78 is 0. The number of hydrogen-bond acceptors (Lipinski definition) is 4. The lowest BCUT2D eigenvalue weighted by atomic mass is 10.0. The number of piperidine rings is 1. The second-order valence-electron chi connectivity index (χ2n) is 7.93. The van der Waals surface area contributed by atoms with Gasteiger partial charge in [-0.1, -0.05) is 36.4 Å². The van der Waals surface area contributed by atoms with E-state index in [-0.39, 0.29) is 42.6 Å². The van der Waals surface area contributed by atoms with Gasteiger partial charge < -0.3 is 16.0 Å². The summed E-state index contributed by atoms with van der Waals surface area (Å²) in [6, 6.07) is 13.9. The predicted molar refractivity (Wildman–Crippen MR) is 111 cm³/mol. The minimum absolute atomic E-state index is 0.0159. The van der Waals surface area contributed by atoms with E-state index in [2.05, 4.69) is 5.32 Å². The molecule has 3 N–H and O–H groups in total. The fourth-order valence-electron chi connectivity index (χ4n) is 4.33. The number of benzene rings is 2. The quantitative estimate of drug-likeness (QED) is 0.798. The highest BCUT2D eigenvalue weighted by Gasteiger charge is 2.36. The van der Waals surface area contributed by atoms with Crippen LogP contribution in [0.25, 0.3) is 10.8 Å². The minimum Gasteiger partial charge on any atom is -0.369 e. The van der Waals surface area contributed by atoms with Gasteiger partial charge in [-0.3, -0.25) is 19.3 Å². The summed E-state index contributed by atoms with van der Waals surface area (Å²) in [7, 11) is 0. The van der Waals surface area contributed by atoms with E-state index < -0.39 is 0 Å². The van der Waals surface area contributed by atoms with Gasteiger partial charge in [-0.05, 0) is 24.3 Å². The van der Waals surface area contributed by atoms with Crippen molar-refractivity contribution in [2.45, 2.75) is 25.3 Å². The molecule has 0 saturated carbocycles. The normalized spacial score (nSPS) is 20.9. The van der Waals surface area contributed by atoms with Crippen molar-refractivity contribution in [2.24, 2.45) is 11.7 Å². The molecule has 0 spiro atoms. The number of nitrogens with two attached hydrogens (primary N) is 1. The molecule has 0 aliphatic carbocycles. The number of amides is 3. The van der Waals surface area contributed by atoms with Crippen molar-refractivity contribution < 1.29 is 14.4 Å². The molecular weight excluding hydrogens is 368 g/mol. The number of fused-ring (bicyclic) bond motifs is 1. The van der Waals surface area contributed by atoms with Crippen LogP contribution in [0.2, 0.25) is 0 Å². The first-order chi connectivity index (χ1) is 14.0. The Morgan fingerprint density at radius 1 is 1.07 bits per heavy atom. The maximum absolute atomic E-state index is 12.8. The number of rotatable bonds is 5. The smallest absolute Gasteiger partial charge is 0.231 e. The predicted octanol–water partition coefficient (Wildman–Crippen LogP) is 1.26. The van der Waals surface area contributed by atoms with E-state index in [0.717, 1.165) is 42.4 Å². The summed E-state index contributed by atoms with van der Waals surface area (Å²) in [6.07, 6.45) is 1.80. The average molecular weight is 394 g/mol. The number of primary amides is 1. The molecule has 152 valence electrons. The van der Waals surface area contributed by atoms with Gasteiger partial charge in [-0.15, -0.1) is 0 Å². The number of likely N-dealkylation sites (tertiary alicyclic amines) is 1. The van der Waals surface area contributed by atoms with E-state index >= 15 is 0 Å². The van der Waals surface area contributed by atoms with Gasteiger partial charge in [0.15, 0.2) is 0 Å². The summed E-state index contributed by atoms with van der Waals surface area (Å²) in [5.74, 6) is -0.747. The van der Waals surface area contributed by atoms with E-state index in [1.54, 1.807) is 4.90 Å². The third kappa shape index (κ3) is 4.24. The number of carbonyl (C=O) groups excluding carboxylic acids is 3. The Labute approximate surface area is 169 Å². The monoisotopic (exact) mass is 394 g/mol. The molecule has 4 rings (SSSR count). The summed E-state index contributed by atoms with van der Waals surface area (Å²) >= 11 is 0. The third-order valence-corrected chi connectivity index (χ3v) is 5.87. The van der Waals surface area contributed by atoms with Crippen molar-refractivity contribution in [3.8, 4) is 0 Å². The second-order valence-corrected chi connectivity index (χ2v) is 7.93. The molecule has 2 aromatic rings. The van der Waals surface area contributed by atoms with Crippen LogP contribution in [0.4, 0.5) is 5.69 Å². The lowest BCUT2D eigenvalue weighted by molar-refractivity contribution is -0.127. The summed E-state index contributed by atoms with van der Waals surface area (Å²) in [5.41, 5.74) is 6.11. The van der Waals surface area contributed by atoms with Gasteiger partial charge in [0.25, 0.3) is 0 Å². The van der Waals surface area contributed by atoms with Crippen molar-refractivity contribution in [2.75, 3.05) is 31.1 Å². The van der Waals surface area contributed by atoms with E-state index in [9.17, 15) is 14.4 Å². The Morgan fingerprint density at radius 3 is 2.55 bits per heavy atom. The van der Waals surface area contributed by atoms with Crippen molar-refractivity contribution >= 4 is 34.2 Å². The summed E-state index contributed by atoms with van der Waals surface area (Å²) in [4.78, 5) is 40.2. The molecule has 2 aliphatic heterocycles. The van der Waals surface area contributed by atoms with Crippen molar-refractivity contribution in [3.05, 3.63) is 42.5 Å². The van der Waals surface area contributed by atoms with Gasteiger partial charge in [-0.2, -0.15) is 0 Å². The molecular formula is C22H26N4O3.